The zero-order valence-corrected chi connectivity index (χ0v) is 7.33. The van der Waals surface area contributed by atoms with Crippen molar-refractivity contribution in [2.75, 3.05) is 6.54 Å². The van der Waals surface area contributed by atoms with Crippen LogP contribution in [-0.4, -0.2) is 18.8 Å². The summed E-state index contributed by atoms with van der Waals surface area (Å²) in [6.07, 6.45) is -4.96. The van der Waals surface area contributed by atoms with Gasteiger partial charge in [-0.05, 0) is 13.5 Å². The van der Waals surface area contributed by atoms with Gasteiger partial charge in [0.2, 0.25) is 0 Å². The first-order valence-electron chi connectivity index (χ1n) is 3.82. The minimum Gasteiger partial charge on any atom is -0.310 e. The maximum atomic E-state index is 11.9. The summed E-state index contributed by atoms with van der Waals surface area (Å²) in [5.41, 5.74) is 0.522. The molecule has 0 spiro atoms. The molecule has 0 aliphatic carbocycles. The van der Waals surface area contributed by atoms with Gasteiger partial charge in [-0.25, -0.2) is 0 Å². The van der Waals surface area contributed by atoms with Crippen LogP contribution in [-0.2, 0) is 0 Å². The first-order valence-corrected chi connectivity index (χ1v) is 3.82. The Hall–Kier alpha value is -0.510. The molecule has 0 radical (unpaired) electrons. The number of likely N-dealkylation sites (N-methyl/N-ethyl adjacent to an activating group) is 1. The van der Waals surface area contributed by atoms with E-state index in [0.29, 0.717) is 12.1 Å². The Morgan fingerprint density at radius 3 is 2.25 bits per heavy atom. The minimum atomic E-state index is -4.12. The fourth-order valence-electron chi connectivity index (χ4n) is 0.898. The fourth-order valence-corrected chi connectivity index (χ4v) is 0.898. The largest absolute Gasteiger partial charge is 0.390 e. The van der Waals surface area contributed by atoms with E-state index in [2.05, 4.69) is 11.9 Å². The van der Waals surface area contributed by atoms with Gasteiger partial charge >= 0.3 is 6.18 Å². The van der Waals surface area contributed by atoms with Gasteiger partial charge in [-0.15, -0.1) is 0 Å². The number of hydrogen-bond acceptors (Lipinski definition) is 1. The third kappa shape index (κ3) is 5.18. The van der Waals surface area contributed by atoms with Crippen LogP contribution >= 0.6 is 0 Å². The molecule has 0 heterocycles. The molecule has 0 saturated carbocycles. The lowest BCUT2D eigenvalue weighted by Gasteiger charge is -2.19. The predicted octanol–water partition coefficient (Wildman–Crippen LogP) is 2.49. The van der Waals surface area contributed by atoms with Gasteiger partial charge in [0, 0.05) is 6.04 Å². The molecule has 0 aromatic heterocycles. The highest BCUT2D eigenvalue weighted by Gasteiger charge is 2.31. The predicted molar refractivity (Wildman–Crippen MR) is 43.0 cm³/mol. The van der Waals surface area contributed by atoms with E-state index in [1.54, 1.807) is 13.8 Å². The Bertz CT molecular complexity index is 151. The number of hydrogen-bond donors (Lipinski definition) is 1. The minimum absolute atomic E-state index is 0.521. The summed E-state index contributed by atoms with van der Waals surface area (Å²) in [7, 11) is 0. The number of nitrogens with one attached hydrogen (secondary N) is 1. The second-order valence-electron chi connectivity index (χ2n) is 2.78. The van der Waals surface area contributed by atoms with E-state index in [-0.39, 0.29) is 0 Å². The first-order chi connectivity index (χ1) is 5.37. The molecule has 0 rings (SSSR count). The third-order valence-corrected chi connectivity index (χ3v) is 1.48. The molecule has 0 amide bonds. The Morgan fingerprint density at radius 1 is 1.50 bits per heavy atom. The Kier molecular flexibility index (Phi) is 4.31. The zero-order valence-electron chi connectivity index (χ0n) is 7.33. The van der Waals surface area contributed by atoms with Crippen molar-refractivity contribution < 1.29 is 13.2 Å². The van der Waals surface area contributed by atoms with E-state index in [9.17, 15) is 13.2 Å². The number of halogens is 3. The van der Waals surface area contributed by atoms with Crippen molar-refractivity contribution in [3.63, 3.8) is 0 Å². The van der Waals surface area contributed by atoms with E-state index in [1.807, 2.05) is 0 Å². The maximum absolute atomic E-state index is 11.9. The average molecular weight is 181 g/mol. The molecule has 12 heavy (non-hydrogen) atoms. The summed E-state index contributed by atoms with van der Waals surface area (Å²) in [5, 5.41) is 2.72. The first kappa shape index (κ1) is 11.5. The van der Waals surface area contributed by atoms with Crippen molar-refractivity contribution in [3.8, 4) is 0 Å². The van der Waals surface area contributed by atoms with Crippen LogP contribution in [0.4, 0.5) is 13.2 Å². The lowest BCUT2D eigenvalue weighted by atomic mass is 10.1. The molecule has 0 fully saturated rings. The zero-order chi connectivity index (χ0) is 9.78. The summed E-state index contributed by atoms with van der Waals surface area (Å²) in [6.45, 7) is 7.38. The van der Waals surface area contributed by atoms with Gasteiger partial charge in [-0.2, -0.15) is 13.2 Å². The molecule has 0 aliphatic rings. The highest BCUT2D eigenvalue weighted by molar-refractivity contribution is 5.02. The summed E-state index contributed by atoms with van der Waals surface area (Å²) in [6, 6.07) is -0.644. The molecule has 0 saturated heterocycles. The molecule has 0 aromatic carbocycles. The highest BCUT2D eigenvalue weighted by Crippen LogP contribution is 2.23. The molecule has 72 valence electrons. The Balaban J connectivity index is 4.05. The van der Waals surface area contributed by atoms with Gasteiger partial charge in [-0.3, -0.25) is 0 Å². The topological polar surface area (TPSA) is 12.0 Å². The molecule has 4 heteroatoms. The molecule has 1 atom stereocenters. The van der Waals surface area contributed by atoms with Crippen molar-refractivity contribution in [3.05, 3.63) is 12.2 Å². The van der Waals surface area contributed by atoms with Gasteiger partial charge in [0.15, 0.2) is 0 Å². The summed E-state index contributed by atoms with van der Waals surface area (Å²) >= 11 is 0. The second-order valence-corrected chi connectivity index (χ2v) is 2.78. The fraction of sp³-hybridized carbons (Fsp3) is 0.750. The quantitative estimate of drug-likeness (QED) is 0.657. The van der Waals surface area contributed by atoms with Crippen molar-refractivity contribution in [2.45, 2.75) is 32.5 Å². The molecule has 1 nitrogen and oxygen atoms in total. The van der Waals surface area contributed by atoms with Gasteiger partial charge in [0.05, 0.1) is 6.42 Å². The lowest BCUT2D eigenvalue weighted by Crippen LogP contribution is -2.34. The SMILES string of the molecule is C=C(C)C(CC(F)(F)F)NCC. The Labute approximate surface area is 70.7 Å². The van der Waals surface area contributed by atoms with Crippen LogP contribution in [0.25, 0.3) is 0 Å². The van der Waals surface area contributed by atoms with Crippen molar-refractivity contribution >= 4 is 0 Å². The van der Waals surface area contributed by atoms with E-state index in [4.69, 9.17) is 0 Å². The van der Waals surface area contributed by atoms with E-state index in [1.165, 1.54) is 0 Å². The van der Waals surface area contributed by atoms with Crippen molar-refractivity contribution in [2.24, 2.45) is 0 Å². The molecule has 1 unspecified atom stereocenters. The Morgan fingerprint density at radius 2 is 2.00 bits per heavy atom. The van der Waals surface area contributed by atoms with Crippen LogP contribution in [0.15, 0.2) is 12.2 Å². The summed E-state index contributed by atoms with van der Waals surface area (Å²) in [4.78, 5) is 0. The van der Waals surface area contributed by atoms with Crippen molar-refractivity contribution in [1.82, 2.24) is 5.32 Å². The number of alkyl halides is 3. The third-order valence-electron chi connectivity index (χ3n) is 1.48. The molecule has 1 N–H and O–H groups in total. The van der Waals surface area contributed by atoms with Gasteiger partial charge in [0.25, 0.3) is 0 Å². The monoisotopic (exact) mass is 181 g/mol. The molecule has 0 bridgehead atoms. The van der Waals surface area contributed by atoms with Crippen LogP contribution in [0.5, 0.6) is 0 Å². The molecule has 0 aromatic rings. The molecule has 0 aliphatic heterocycles. The van der Waals surface area contributed by atoms with Crippen LogP contribution in [0.1, 0.15) is 20.3 Å². The summed E-state index contributed by atoms with van der Waals surface area (Å²) < 4.78 is 35.7. The lowest BCUT2D eigenvalue weighted by molar-refractivity contribution is -0.137. The van der Waals surface area contributed by atoms with Gasteiger partial charge in [-0.1, -0.05) is 19.1 Å². The van der Waals surface area contributed by atoms with E-state index < -0.39 is 18.6 Å². The van der Waals surface area contributed by atoms with Gasteiger partial charge < -0.3 is 5.32 Å². The normalized spacial score (nSPS) is 14.4. The van der Waals surface area contributed by atoms with Gasteiger partial charge in [0.1, 0.15) is 0 Å². The number of rotatable bonds is 4. The van der Waals surface area contributed by atoms with Crippen LogP contribution in [0.2, 0.25) is 0 Å². The smallest absolute Gasteiger partial charge is 0.310 e. The van der Waals surface area contributed by atoms with Crippen molar-refractivity contribution in [1.29, 1.82) is 0 Å². The van der Waals surface area contributed by atoms with Crippen LogP contribution < -0.4 is 5.32 Å². The molecular formula is C8H14F3N. The second kappa shape index (κ2) is 4.50. The maximum Gasteiger partial charge on any atom is 0.390 e. The average Bonchev–Trinajstić information content (AvgIpc) is 1.83. The van der Waals surface area contributed by atoms with E-state index >= 15 is 0 Å². The van der Waals surface area contributed by atoms with Crippen LogP contribution in [0.3, 0.4) is 0 Å². The molecular weight excluding hydrogens is 167 g/mol. The van der Waals surface area contributed by atoms with Crippen LogP contribution in [0, 0.1) is 0 Å². The van der Waals surface area contributed by atoms with E-state index in [0.717, 1.165) is 0 Å². The summed E-state index contributed by atoms with van der Waals surface area (Å²) in [5.74, 6) is 0. The highest BCUT2D eigenvalue weighted by atomic mass is 19.4. The standard InChI is InChI=1S/C8H14F3N/c1-4-12-7(6(2)3)5-8(9,10)11/h7,12H,2,4-5H2,1,3H3.